The lowest BCUT2D eigenvalue weighted by Gasteiger charge is -2.37. The number of methoxy groups -OCH3 is 1. The molecule has 2 aliphatic heterocycles. The zero-order valence-corrected chi connectivity index (χ0v) is 24.9. The standard InChI is InChI=1S/C30H37N5O5S/c1-30(2,3)40-29(36)34-15-12-22(13-16-34)35-14-11-21(19-35)32-28-31-18-20-7-6-8-25(27(20)33-28)24-10-9-23(41(5,37)38)17-26(24)39-4/h6-11,14,17-18,21-22H,12-13,15-16,19H2,1-5H3,(H,31,32,33). The van der Waals surface area contributed by atoms with Gasteiger partial charge in [-0.05, 0) is 64.1 Å². The SMILES string of the molecule is COc1cc(S(C)(=O)=O)ccc1-c1cccc2cnc(NC3C=CN(C4CCN(C(=O)OC(C)(C)C)CC4)C3)nc12. The molecule has 0 saturated carbocycles. The van der Waals surface area contributed by atoms with Crippen LogP contribution in [0, 0.1) is 0 Å². The molecule has 2 aromatic carbocycles. The Hall–Kier alpha value is -3.86. The van der Waals surface area contributed by atoms with E-state index in [0.29, 0.717) is 30.8 Å². The van der Waals surface area contributed by atoms with Crippen LogP contribution in [0.1, 0.15) is 33.6 Å². The minimum absolute atomic E-state index is 0.0343. The van der Waals surface area contributed by atoms with Gasteiger partial charge in [0.2, 0.25) is 5.95 Å². The number of amides is 1. The fourth-order valence-corrected chi connectivity index (χ4v) is 5.90. The molecule has 0 aliphatic carbocycles. The monoisotopic (exact) mass is 579 g/mol. The first kappa shape index (κ1) is 28.7. The van der Waals surface area contributed by atoms with Gasteiger partial charge in [0.25, 0.3) is 0 Å². The topological polar surface area (TPSA) is 114 Å². The van der Waals surface area contributed by atoms with Crippen LogP contribution in [0.2, 0.25) is 0 Å². The second kappa shape index (κ2) is 11.2. The summed E-state index contributed by atoms with van der Waals surface area (Å²) in [4.78, 5) is 26.1. The second-order valence-electron chi connectivity index (χ2n) is 11.6. The van der Waals surface area contributed by atoms with Gasteiger partial charge in [-0.25, -0.2) is 23.2 Å². The highest BCUT2D eigenvalue weighted by atomic mass is 32.2. The molecule has 1 N–H and O–H groups in total. The number of likely N-dealkylation sites (tertiary alicyclic amines) is 1. The molecule has 11 heteroatoms. The average molecular weight is 580 g/mol. The highest BCUT2D eigenvalue weighted by Gasteiger charge is 2.31. The molecule has 218 valence electrons. The van der Waals surface area contributed by atoms with Crippen molar-refractivity contribution in [1.82, 2.24) is 19.8 Å². The van der Waals surface area contributed by atoms with Gasteiger partial charge in [0, 0.05) is 54.6 Å². The smallest absolute Gasteiger partial charge is 0.410 e. The summed E-state index contributed by atoms with van der Waals surface area (Å²) in [6.07, 6.45) is 8.71. The Morgan fingerprint density at radius 2 is 1.85 bits per heavy atom. The summed E-state index contributed by atoms with van der Waals surface area (Å²) in [7, 11) is -1.85. The predicted octanol–water partition coefficient (Wildman–Crippen LogP) is 4.72. The molecule has 1 fully saturated rings. The first-order chi connectivity index (χ1) is 19.4. The highest BCUT2D eigenvalue weighted by Crippen LogP contribution is 2.36. The molecule has 1 atom stereocenters. The summed E-state index contributed by atoms with van der Waals surface area (Å²) in [6, 6.07) is 11.1. The molecule has 1 aromatic heterocycles. The summed E-state index contributed by atoms with van der Waals surface area (Å²) in [6.45, 7) is 7.78. The Morgan fingerprint density at radius 1 is 1.10 bits per heavy atom. The van der Waals surface area contributed by atoms with Crippen molar-refractivity contribution < 1.29 is 22.7 Å². The van der Waals surface area contributed by atoms with Crippen molar-refractivity contribution in [1.29, 1.82) is 0 Å². The number of anilines is 1. The first-order valence-electron chi connectivity index (χ1n) is 13.7. The van der Waals surface area contributed by atoms with Gasteiger partial charge in [0.05, 0.1) is 23.6 Å². The van der Waals surface area contributed by atoms with E-state index in [0.717, 1.165) is 41.4 Å². The van der Waals surface area contributed by atoms with Crippen molar-refractivity contribution >= 4 is 32.8 Å². The molecular weight excluding hydrogens is 542 g/mol. The summed E-state index contributed by atoms with van der Waals surface area (Å²) in [5.41, 5.74) is 1.82. The minimum atomic E-state index is -3.37. The van der Waals surface area contributed by atoms with E-state index in [1.165, 1.54) is 13.4 Å². The van der Waals surface area contributed by atoms with Gasteiger partial charge in [-0.2, -0.15) is 0 Å². The number of ether oxygens (including phenoxy) is 2. The average Bonchev–Trinajstić information content (AvgIpc) is 3.39. The van der Waals surface area contributed by atoms with Gasteiger partial charge in [0.15, 0.2) is 9.84 Å². The zero-order valence-electron chi connectivity index (χ0n) is 24.1. The van der Waals surface area contributed by atoms with E-state index in [9.17, 15) is 13.2 Å². The number of rotatable bonds is 6. The molecule has 3 aromatic rings. The quantitative estimate of drug-likeness (QED) is 0.443. The maximum Gasteiger partial charge on any atom is 0.410 e. The molecule has 2 aliphatic rings. The highest BCUT2D eigenvalue weighted by molar-refractivity contribution is 7.90. The van der Waals surface area contributed by atoms with Gasteiger partial charge in [0.1, 0.15) is 11.4 Å². The molecule has 3 heterocycles. The summed E-state index contributed by atoms with van der Waals surface area (Å²) in [5, 5.41) is 4.31. The summed E-state index contributed by atoms with van der Waals surface area (Å²) < 4.78 is 35.2. The van der Waals surface area contributed by atoms with E-state index in [-0.39, 0.29) is 17.0 Å². The van der Waals surface area contributed by atoms with Gasteiger partial charge in [-0.3, -0.25) is 0 Å². The normalized spacial score (nSPS) is 18.1. The Morgan fingerprint density at radius 3 is 2.54 bits per heavy atom. The number of aromatic nitrogens is 2. The van der Waals surface area contributed by atoms with Crippen LogP contribution in [0.4, 0.5) is 10.7 Å². The number of hydrogen-bond donors (Lipinski definition) is 1. The third-order valence-corrected chi connectivity index (χ3v) is 8.43. The molecular formula is C30H37N5O5S. The van der Waals surface area contributed by atoms with Crippen molar-refractivity contribution in [3.8, 4) is 16.9 Å². The second-order valence-corrected chi connectivity index (χ2v) is 13.6. The van der Waals surface area contributed by atoms with Gasteiger partial charge < -0.3 is 24.6 Å². The largest absolute Gasteiger partial charge is 0.496 e. The van der Waals surface area contributed by atoms with Crippen LogP contribution in [-0.2, 0) is 14.6 Å². The Kier molecular flexibility index (Phi) is 7.83. The van der Waals surface area contributed by atoms with Crippen molar-refractivity contribution in [2.45, 2.75) is 56.2 Å². The molecule has 0 radical (unpaired) electrons. The van der Waals surface area contributed by atoms with Crippen molar-refractivity contribution in [2.75, 3.05) is 38.3 Å². The van der Waals surface area contributed by atoms with E-state index in [4.69, 9.17) is 14.5 Å². The number of benzene rings is 2. The zero-order chi connectivity index (χ0) is 29.4. The third-order valence-electron chi connectivity index (χ3n) is 7.32. The minimum Gasteiger partial charge on any atom is -0.496 e. The van der Waals surface area contributed by atoms with Gasteiger partial charge >= 0.3 is 6.09 Å². The number of para-hydroxylation sites is 1. The van der Waals surface area contributed by atoms with E-state index >= 15 is 0 Å². The number of carbonyl (C=O) groups is 1. The van der Waals surface area contributed by atoms with Crippen molar-refractivity contribution in [3.05, 3.63) is 54.9 Å². The molecule has 0 bridgehead atoms. The van der Waals surface area contributed by atoms with E-state index in [1.807, 2.05) is 39.0 Å². The molecule has 0 spiro atoms. The fourth-order valence-electron chi connectivity index (χ4n) is 5.27. The van der Waals surface area contributed by atoms with E-state index in [1.54, 1.807) is 29.3 Å². The van der Waals surface area contributed by atoms with Gasteiger partial charge in [-0.1, -0.05) is 18.2 Å². The molecule has 5 rings (SSSR count). The van der Waals surface area contributed by atoms with Crippen LogP contribution in [0.15, 0.2) is 59.8 Å². The van der Waals surface area contributed by atoms with Crippen LogP contribution < -0.4 is 10.1 Å². The van der Waals surface area contributed by atoms with E-state index < -0.39 is 15.4 Å². The third kappa shape index (κ3) is 6.56. The number of carbonyl (C=O) groups excluding carboxylic acids is 1. The summed E-state index contributed by atoms with van der Waals surface area (Å²) in [5.74, 6) is 0.966. The maximum absolute atomic E-state index is 12.4. The maximum atomic E-state index is 12.4. The number of piperidine rings is 1. The van der Waals surface area contributed by atoms with E-state index in [2.05, 4.69) is 27.5 Å². The number of nitrogens with one attached hydrogen (secondary N) is 1. The lowest BCUT2D eigenvalue weighted by Crippen LogP contribution is -2.47. The number of fused-ring (bicyclic) bond motifs is 1. The Bertz CT molecular complexity index is 1580. The lowest BCUT2D eigenvalue weighted by molar-refractivity contribution is 0.0168. The molecule has 1 saturated heterocycles. The number of hydrogen-bond acceptors (Lipinski definition) is 9. The first-order valence-corrected chi connectivity index (χ1v) is 15.6. The fraction of sp³-hybridized carbons (Fsp3) is 0.433. The lowest BCUT2D eigenvalue weighted by atomic mass is 10.0. The summed E-state index contributed by atoms with van der Waals surface area (Å²) >= 11 is 0. The van der Waals surface area contributed by atoms with Crippen LogP contribution in [0.25, 0.3) is 22.0 Å². The van der Waals surface area contributed by atoms with Crippen molar-refractivity contribution in [2.24, 2.45) is 0 Å². The molecule has 10 nitrogen and oxygen atoms in total. The Balaban J connectivity index is 1.27. The van der Waals surface area contributed by atoms with Crippen LogP contribution in [0.3, 0.4) is 0 Å². The Labute approximate surface area is 241 Å². The van der Waals surface area contributed by atoms with Gasteiger partial charge in [-0.15, -0.1) is 0 Å². The molecule has 1 amide bonds. The van der Waals surface area contributed by atoms with Crippen molar-refractivity contribution in [3.63, 3.8) is 0 Å². The molecule has 41 heavy (non-hydrogen) atoms. The predicted molar refractivity (Wildman–Crippen MR) is 159 cm³/mol. The molecule has 1 unspecified atom stereocenters. The number of sulfone groups is 1. The van der Waals surface area contributed by atoms with Crippen LogP contribution in [-0.4, -0.2) is 85.0 Å². The van der Waals surface area contributed by atoms with Crippen LogP contribution >= 0.6 is 0 Å². The van der Waals surface area contributed by atoms with Crippen LogP contribution in [0.5, 0.6) is 5.75 Å². The number of nitrogens with zero attached hydrogens (tertiary/aromatic N) is 4.